The predicted octanol–water partition coefficient (Wildman–Crippen LogP) is 6.16. The van der Waals surface area contributed by atoms with E-state index in [1.165, 1.54) is 0 Å². The van der Waals surface area contributed by atoms with Crippen molar-refractivity contribution < 1.29 is 13.1 Å². The van der Waals surface area contributed by atoms with E-state index in [1.54, 1.807) is 6.20 Å². The van der Waals surface area contributed by atoms with Gasteiger partial charge >= 0.3 is 0 Å². The van der Waals surface area contributed by atoms with Gasteiger partial charge in [-0.2, -0.15) is 0 Å². The molecule has 0 N–H and O–H groups in total. The standard InChI is InChI=1S/C25H22NO/c1-15-9-11-21-20-12-10-18-7-5-6-8-19(18)24(20)27-25(21)23(15)22-13-16(2)17(3)14-26(22)4/h5-14H,1-4H3/q+1/i3D3. The Hall–Kier alpha value is -3.13. The van der Waals surface area contributed by atoms with E-state index < -0.39 is 6.85 Å². The number of hydrogen-bond donors (Lipinski definition) is 0. The number of benzene rings is 3. The molecule has 3 aromatic carbocycles. The Balaban J connectivity index is 1.87. The monoisotopic (exact) mass is 355 g/mol. The molecule has 0 saturated carbocycles. The van der Waals surface area contributed by atoms with Crippen LogP contribution in [-0.4, -0.2) is 0 Å². The summed E-state index contributed by atoms with van der Waals surface area (Å²) >= 11 is 0. The first-order chi connectivity index (χ1) is 14.3. The zero-order chi connectivity index (χ0) is 21.2. The van der Waals surface area contributed by atoms with Gasteiger partial charge in [-0.05, 0) is 43.3 Å². The lowest BCUT2D eigenvalue weighted by molar-refractivity contribution is -0.660. The number of aryl methyl sites for hydroxylation is 4. The molecule has 2 heterocycles. The molecular formula is C25H22NO+. The largest absolute Gasteiger partial charge is 0.454 e. The molecule has 5 rings (SSSR count). The van der Waals surface area contributed by atoms with Crippen LogP contribution in [0.1, 0.15) is 20.8 Å². The molecule has 2 aromatic heterocycles. The zero-order valence-corrected chi connectivity index (χ0v) is 15.6. The molecule has 0 aliphatic heterocycles. The van der Waals surface area contributed by atoms with Crippen LogP contribution in [-0.2, 0) is 7.05 Å². The fourth-order valence-electron chi connectivity index (χ4n) is 3.98. The highest BCUT2D eigenvalue weighted by atomic mass is 16.3. The van der Waals surface area contributed by atoms with Gasteiger partial charge in [-0.25, -0.2) is 4.57 Å². The maximum Gasteiger partial charge on any atom is 0.216 e. The topological polar surface area (TPSA) is 17.0 Å². The average Bonchev–Trinajstić information content (AvgIpc) is 3.08. The number of hydrogen-bond acceptors (Lipinski definition) is 1. The van der Waals surface area contributed by atoms with Crippen molar-refractivity contribution >= 4 is 32.7 Å². The number of furan rings is 1. The average molecular weight is 355 g/mol. The van der Waals surface area contributed by atoms with Crippen LogP contribution in [0.4, 0.5) is 0 Å². The number of aromatic nitrogens is 1. The van der Waals surface area contributed by atoms with Crippen molar-refractivity contribution in [2.75, 3.05) is 0 Å². The van der Waals surface area contributed by atoms with E-state index in [2.05, 4.69) is 43.3 Å². The summed E-state index contributed by atoms with van der Waals surface area (Å²) in [6.07, 6.45) is 1.72. The Morgan fingerprint density at radius 2 is 1.59 bits per heavy atom. The van der Waals surface area contributed by atoms with Crippen molar-refractivity contribution in [2.45, 2.75) is 20.7 Å². The normalized spacial score (nSPS) is 13.8. The summed E-state index contributed by atoms with van der Waals surface area (Å²) < 4.78 is 31.8. The predicted molar refractivity (Wildman–Crippen MR) is 112 cm³/mol. The van der Waals surface area contributed by atoms with Gasteiger partial charge in [0.15, 0.2) is 6.20 Å². The first-order valence-corrected chi connectivity index (χ1v) is 9.10. The smallest absolute Gasteiger partial charge is 0.216 e. The van der Waals surface area contributed by atoms with E-state index in [-0.39, 0.29) is 0 Å². The lowest BCUT2D eigenvalue weighted by Crippen LogP contribution is -2.31. The number of rotatable bonds is 1. The first-order valence-electron chi connectivity index (χ1n) is 10.6. The van der Waals surface area contributed by atoms with Crippen LogP contribution >= 0.6 is 0 Å². The van der Waals surface area contributed by atoms with Crippen LogP contribution in [0.25, 0.3) is 44.0 Å². The minimum absolute atomic E-state index is 0.370. The SMILES string of the molecule is [2H]C([2H])([2H])c1c[n+](C)c(-c2c(C)ccc3c2oc2c4ccccc4ccc32)cc1C. The van der Waals surface area contributed by atoms with Crippen LogP contribution in [0.3, 0.4) is 0 Å². The third-order valence-electron chi connectivity index (χ3n) is 5.48. The molecule has 0 unspecified atom stereocenters. The lowest BCUT2D eigenvalue weighted by atomic mass is 9.98. The van der Waals surface area contributed by atoms with Crippen LogP contribution in [0, 0.1) is 20.7 Å². The molecule has 0 atom stereocenters. The van der Waals surface area contributed by atoms with Crippen molar-refractivity contribution in [1.82, 2.24) is 0 Å². The Kier molecular flexibility index (Phi) is 2.76. The Morgan fingerprint density at radius 1 is 0.815 bits per heavy atom. The van der Waals surface area contributed by atoms with Crippen LogP contribution < -0.4 is 4.57 Å². The Labute approximate surface area is 162 Å². The molecule has 27 heavy (non-hydrogen) atoms. The fourth-order valence-corrected chi connectivity index (χ4v) is 3.98. The summed E-state index contributed by atoms with van der Waals surface area (Å²) in [6, 6.07) is 18.6. The molecule has 0 aliphatic rings. The van der Waals surface area contributed by atoms with E-state index >= 15 is 0 Å². The minimum atomic E-state index is -2.14. The maximum atomic E-state index is 7.81. The lowest BCUT2D eigenvalue weighted by Gasteiger charge is -2.07. The third-order valence-corrected chi connectivity index (χ3v) is 5.48. The van der Waals surface area contributed by atoms with Gasteiger partial charge in [-0.15, -0.1) is 0 Å². The van der Waals surface area contributed by atoms with Gasteiger partial charge in [-0.1, -0.05) is 42.5 Å². The van der Waals surface area contributed by atoms with Crippen molar-refractivity contribution in [3.8, 4) is 11.3 Å². The number of pyridine rings is 1. The van der Waals surface area contributed by atoms with Crippen molar-refractivity contribution in [3.05, 3.63) is 77.5 Å². The van der Waals surface area contributed by atoms with Crippen molar-refractivity contribution in [1.29, 1.82) is 0 Å². The zero-order valence-electron chi connectivity index (χ0n) is 18.6. The van der Waals surface area contributed by atoms with Crippen molar-refractivity contribution in [3.63, 3.8) is 0 Å². The van der Waals surface area contributed by atoms with Gasteiger partial charge in [0.25, 0.3) is 0 Å². The maximum absolute atomic E-state index is 7.81. The fraction of sp³-hybridized carbons (Fsp3) is 0.160. The molecule has 2 heteroatoms. The van der Waals surface area contributed by atoms with Crippen LogP contribution in [0.5, 0.6) is 0 Å². The number of fused-ring (bicyclic) bond motifs is 5. The Bertz CT molecular complexity index is 1460. The van der Waals surface area contributed by atoms with Gasteiger partial charge in [0.2, 0.25) is 5.69 Å². The molecule has 0 fully saturated rings. The van der Waals surface area contributed by atoms with E-state index in [9.17, 15) is 0 Å². The van der Waals surface area contributed by atoms with E-state index in [0.29, 0.717) is 5.56 Å². The van der Waals surface area contributed by atoms with E-state index in [0.717, 1.165) is 55.1 Å². The summed E-state index contributed by atoms with van der Waals surface area (Å²) in [5.41, 5.74) is 5.85. The van der Waals surface area contributed by atoms with Gasteiger partial charge in [-0.3, -0.25) is 0 Å². The summed E-state index contributed by atoms with van der Waals surface area (Å²) in [4.78, 5) is 0. The second-order valence-corrected chi connectivity index (χ2v) is 7.27. The summed E-state index contributed by atoms with van der Waals surface area (Å²) in [7, 11) is 1.89. The highest BCUT2D eigenvalue weighted by molar-refractivity contribution is 6.17. The Morgan fingerprint density at radius 3 is 2.44 bits per heavy atom. The van der Waals surface area contributed by atoms with Crippen molar-refractivity contribution in [2.24, 2.45) is 7.05 Å². The molecule has 0 saturated heterocycles. The van der Waals surface area contributed by atoms with Gasteiger partial charge in [0, 0.05) is 31.9 Å². The minimum Gasteiger partial charge on any atom is -0.454 e. The van der Waals surface area contributed by atoms with Crippen LogP contribution in [0.15, 0.2) is 65.2 Å². The molecule has 132 valence electrons. The molecule has 2 nitrogen and oxygen atoms in total. The molecule has 0 bridgehead atoms. The molecule has 0 spiro atoms. The summed E-state index contributed by atoms with van der Waals surface area (Å²) in [5.74, 6) is 0. The second-order valence-electron chi connectivity index (χ2n) is 7.27. The van der Waals surface area contributed by atoms with Gasteiger partial charge in [0.1, 0.15) is 18.2 Å². The number of nitrogens with zero attached hydrogens (tertiary/aromatic N) is 1. The van der Waals surface area contributed by atoms with E-state index in [4.69, 9.17) is 8.53 Å². The highest BCUT2D eigenvalue weighted by Gasteiger charge is 2.22. The molecule has 0 amide bonds. The molecular weight excluding hydrogens is 330 g/mol. The van der Waals surface area contributed by atoms with E-state index in [1.807, 2.05) is 36.7 Å². The molecule has 5 aromatic rings. The third kappa shape index (κ3) is 2.30. The summed E-state index contributed by atoms with van der Waals surface area (Å²) in [5, 5.41) is 4.39. The second kappa shape index (κ2) is 5.68. The summed E-state index contributed by atoms with van der Waals surface area (Å²) in [6.45, 7) is 1.78. The molecule has 0 radical (unpaired) electrons. The first kappa shape index (κ1) is 13.1. The molecule has 0 aliphatic carbocycles. The van der Waals surface area contributed by atoms with Crippen LogP contribution in [0.2, 0.25) is 0 Å². The van der Waals surface area contributed by atoms with Gasteiger partial charge in [0.05, 0.1) is 5.56 Å². The highest BCUT2D eigenvalue weighted by Crippen LogP contribution is 2.39. The quantitative estimate of drug-likeness (QED) is 0.329. The van der Waals surface area contributed by atoms with Gasteiger partial charge < -0.3 is 4.42 Å².